The third kappa shape index (κ3) is 3.85. The monoisotopic (exact) mass is 320 g/mol. The van der Waals surface area contributed by atoms with Crippen molar-refractivity contribution >= 4 is 22.4 Å². The SMILES string of the molecule is COc1ccc(S(=O)(=O)NC(CN)C2CC2)cc1C.Cl. The summed E-state index contributed by atoms with van der Waals surface area (Å²) < 4.78 is 32.4. The van der Waals surface area contributed by atoms with E-state index in [1.165, 1.54) is 0 Å². The summed E-state index contributed by atoms with van der Waals surface area (Å²) in [6.07, 6.45) is 2.10. The van der Waals surface area contributed by atoms with E-state index in [9.17, 15) is 8.42 Å². The molecule has 0 aromatic heterocycles. The van der Waals surface area contributed by atoms with Gasteiger partial charge < -0.3 is 10.5 Å². The van der Waals surface area contributed by atoms with E-state index in [0.29, 0.717) is 18.2 Å². The van der Waals surface area contributed by atoms with E-state index in [1.54, 1.807) is 25.3 Å². The van der Waals surface area contributed by atoms with E-state index in [1.807, 2.05) is 6.92 Å². The quantitative estimate of drug-likeness (QED) is 0.831. The van der Waals surface area contributed by atoms with Crippen LogP contribution in [-0.2, 0) is 10.0 Å². The Hall–Kier alpha value is -0.820. The van der Waals surface area contributed by atoms with E-state index in [2.05, 4.69) is 4.72 Å². The first-order valence-corrected chi connectivity index (χ1v) is 7.83. The number of halogens is 1. The van der Waals surface area contributed by atoms with Crippen molar-refractivity contribution in [2.24, 2.45) is 11.7 Å². The van der Waals surface area contributed by atoms with Gasteiger partial charge in [0, 0.05) is 12.6 Å². The minimum atomic E-state index is -3.51. The average molecular weight is 321 g/mol. The van der Waals surface area contributed by atoms with Gasteiger partial charge in [-0.1, -0.05) is 0 Å². The maximum absolute atomic E-state index is 12.3. The van der Waals surface area contributed by atoms with Crippen molar-refractivity contribution in [2.75, 3.05) is 13.7 Å². The van der Waals surface area contributed by atoms with Gasteiger partial charge in [0.2, 0.25) is 10.0 Å². The largest absolute Gasteiger partial charge is 0.496 e. The van der Waals surface area contributed by atoms with Crippen LogP contribution < -0.4 is 15.2 Å². The van der Waals surface area contributed by atoms with Crippen molar-refractivity contribution in [2.45, 2.75) is 30.7 Å². The average Bonchev–Trinajstić information content (AvgIpc) is 3.20. The summed E-state index contributed by atoms with van der Waals surface area (Å²) in [7, 11) is -1.95. The standard InChI is InChI=1S/C13H20N2O3S.ClH/c1-9-7-11(5-6-13(9)18-2)19(16,17)15-12(8-14)10-3-4-10;/h5-7,10,12,15H,3-4,8,14H2,1-2H3;1H. The summed E-state index contributed by atoms with van der Waals surface area (Å²) >= 11 is 0. The van der Waals surface area contributed by atoms with Gasteiger partial charge in [-0.2, -0.15) is 0 Å². The number of hydrogen-bond acceptors (Lipinski definition) is 4. The van der Waals surface area contributed by atoms with Crippen LogP contribution in [0.25, 0.3) is 0 Å². The van der Waals surface area contributed by atoms with E-state index in [-0.39, 0.29) is 23.3 Å². The first-order valence-electron chi connectivity index (χ1n) is 6.35. The molecule has 1 unspecified atom stereocenters. The Morgan fingerprint density at radius 3 is 2.55 bits per heavy atom. The van der Waals surface area contributed by atoms with Crippen LogP contribution in [0.3, 0.4) is 0 Å². The zero-order valence-electron chi connectivity index (χ0n) is 11.6. The lowest BCUT2D eigenvalue weighted by molar-refractivity contribution is 0.411. The first-order chi connectivity index (χ1) is 8.97. The molecule has 5 nitrogen and oxygen atoms in total. The first kappa shape index (κ1) is 17.2. The van der Waals surface area contributed by atoms with Gasteiger partial charge in [0.1, 0.15) is 5.75 Å². The molecule has 0 saturated heterocycles. The second-order valence-corrected chi connectivity index (χ2v) is 6.65. The summed E-state index contributed by atoms with van der Waals surface area (Å²) in [6, 6.07) is 4.67. The van der Waals surface area contributed by atoms with Gasteiger partial charge in [0.05, 0.1) is 12.0 Å². The highest BCUT2D eigenvalue weighted by molar-refractivity contribution is 7.89. The van der Waals surface area contributed by atoms with Crippen molar-refractivity contribution in [3.63, 3.8) is 0 Å². The topological polar surface area (TPSA) is 81.4 Å². The number of sulfonamides is 1. The number of nitrogens with one attached hydrogen (secondary N) is 1. The van der Waals surface area contributed by atoms with Gasteiger partial charge in [0.25, 0.3) is 0 Å². The molecule has 114 valence electrons. The molecule has 1 aromatic rings. The maximum atomic E-state index is 12.3. The highest BCUT2D eigenvalue weighted by atomic mass is 35.5. The molecule has 0 heterocycles. The van der Waals surface area contributed by atoms with Crippen molar-refractivity contribution in [1.82, 2.24) is 4.72 Å². The van der Waals surface area contributed by atoms with Gasteiger partial charge in [-0.05, 0) is 49.4 Å². The zero-order valence-corrected chi connectivity index (χ0v) is 13.3. The van der Waals surface area contributed by atoms with Crippen LogP contribution in [0.1, 0.15) is 18.4 Å². The van der Waals surface area contributed by atoms with Gasteiger partial charge >= 0.3 is 0 Å². The minimum Gasteiger partial charge on any atom is -0.496 e. The Balaban J connectivity index is 0.00000200. The van der Waals surface area contributed by atoms with Crippen LogP contribution in [-0.4, -0.2) is 28.1 Å². The summed E-state index contributed by atoms with van der Waals surface area (Å²) in [4.78, 5) is 0.255. The maximum Gasteiger partial charge on any atom is 0.240 e. The molecule has 1 aliphatic rings. The number of methoxy groups -OCH3 is 1. The number of nitrogens with two attached hydrogens (primary N) is 1. The molecule has 2 rings (SSSR count). The molecule has 3 N–H and O–H groups in total. The highest BCUT2D eigenvalue weighted by Crippen LogP contribution is 2.33. The van der Waals surface area contributed by atoms with Gasteiger partial charge in [-0.25, -0.2) is 13.1 Å². The summed E-state index contributed by atoms with van der Waals surface area (Å²) in [6.45, 7) is 2.15. The van der Waals surface area contributed by atoms with E-state index >= 15 is 0 Å². The van der Waals surface area contributed by atoms with Crippen LogP contribution in [0.5, 0.6) is 5.75 Å². The molecule has 7 heteroatoms. The van der Waals surface area contributed by atoms with Crippen LogP contribution in [0.2, 0.25) is 0 Å². The fraction of sp³-hybridized carbons (Fsp3) is 0.538. The van der Waals surface area contributed by atoms with E-state index < -0.39 is 10.0 Å². The fourth-order valence-corrected chi connectivity index (χ4v) is 3.52. The molecule has 0 aliphatic heterocycles. The Morgan fingerprint density at radius 2 is 2.10 bits per heavy atom. The number of rotatable bonds is 6. The Kier molecular flexibility index (Phi) is 5.82. The Bertz CT molecular complexity index is 559. The summed E-state index contributed by atoms with van der Waals surface area (Å²) in [5.41, 5.74) is 6.42. The lowest BCUT2D eigenvalue weighted by Gasteiger charge is -2.16. The summed E-state index contributed by atoms with van der Waals surface area (Å²) in [5.74, 6) is 1.07. The second kappa shape index (κ2) is 6.76. The normalized spacial score (nSPS) is 16.4. The molecular formula is C13H21ClN2O3S. The molecule has 0 spiro atoms. The molecule has 20 heavy (non-hydrogen) atoms. The van der Waals surface area contributed by atoms with Crippen LogP contribution >= 0.6 is 12.4 Å². The minimum absolute atomic E-state index is 0. The Labute approximate surface area is 126 Å². The molecular weight excluding hydrogens is 300 g/mol. The van der Waals surface area contributed by atoms with Gasteiger partial charge in [-0.3, -0.25) is 0 Å². The van der Waals surface area contributed by atoms with Crippen molar-refractivity contribution in [1.29, 1.82) is 0 Å². The fourth-order valence-electron chi connectivity index (χ4n) is 2.12. The lowest BCUT2D eigenvalue weighted by atomic mass is 10.2. The van der Waals surface area contributed by atoms with E-state index in [0.717, 1.165) is 18.4 Å². The summed E-state index contributed by atoms with van der Waals surface area (Å²) in [5, 5.41) is 0. The van der Waals surface area contributed by atoms with Gasteiger partial charge in [-0.15, -0.1) is 12.4 Å². The molecule has 0 amide bonds. The molecule has 1 aromatic carbocycles. The molecule has 1 aliphatic carbocycles. The Morgan fingerprint density at radius 1 is 1.45 bits per heavy atom. The van der Waals surface area contributed by atoms with Crippen molar-refractivity contribution in [3.05, 3.63) is 23.8 Å². The number of aryl methyl sites for hydroxylation is 1. The number of benzene rings is 1. The molecule has 0 radical (unpaired) electrons. The molecule has 1 fully saturated rings. The molecule has 1 atom stereocenters. The predicted octanol–water partition coefficient (Wildman–Crippen LogP) is 1.44. The predicted molar refractivity (Wildman–Crippen MR) is 80.9 cm³/mol. The third-order valence-corrected chi connectivity index (χ3v) is 4.92. The number of ether oxygens (including phenoxy) is 1. The zero-order chi connectivity index (χ0) is 14.0. The second-order valence-electron chi connectivity index (χ2n) is 4.93. The molecule has 1 saturated carbocycles. The van der Waals surface area contributed by atoms with Crippen LogP contribution in [0, 0.1) is 12.8 Å². The van der Waals surface area contributed by atoms with Crippen molar-refractivity contribution in [3.8, 4) is 5.75 Å². The highest BCUT2D eigenvalue weighted by Gasteiger charge is 2.33. The smallest absolute Gasteiger partial charge is 0.240 e. The van der Waals surface area contributed by atoms with Crippen molar-refractivity contribution < 1.29 is 13.2 Å². The van der Waals surface area contributed by atoms with Gasteiger partial charge in [0.15, 0.2) is 0 Å². The number of hydrogen-bond donors (Lipinski definition) is 2. The van der Waals surface area contributed by atoms with E-state index in [4.69, 9.17) is 10.5 Å². The van der Waals surface area contributed by atoms with Crippen LogP contribution in [0.4, 0.5) is 0 Å². The third-order valence-electron chi connectivity index (χ3n) is 3.43. The lowest BCUT2D eigenvalue weighted by Crippen LogP contribution is -2.41. The molecule has 0 bridgehead atoms. The van der Waals surface area contributed by atoms with Crippen LogP contribution in [0.15, 0.2) is 23.1 Å².